The molecule has 0 radical (unpaired) electrons. The number of hydrogen-bond acceptors (Lipinski definition) is 4. The molecule has 2 fully saturated rings. The average molecular weight is 388 g/mol. The molecule has 0 saturated carbocycles. The number of hydrogen-bond donors (Lipinski definition) is 0. The highest BCUT2D eigenvalue weighted by atomic mass is 32.2. The highest BCUT2D eigenvalue weighted by Gasteiger charge is 2.53. The van der Waals surface area contributed by atoms with Crippen molar-refractivity contribution in [2.45, 2.75) is 43.5 Å². The number of allylic oxidation sites excluding steroid dienone is 2. The van der Waals surface area contributed by atoms with E-state index in [9.17, 15) is 18.0 Å². The molecule has 27 heavy (non-hydrogen) atoms. The van der Waals surface area contributed by atoms with Crippen molar-refractivity contribution in [3.8, 4) is 0 Å². The van der Waals surface area contributed by atoms with Crippen LogP contribution in [0.2, 0.25) is 0 Å². The van der Waals surface area contributed by atoms with E-state index in [1.807, 2.05) is 24.3 Å². The van der Waals surface area contributed by atoms with Crippen LogP contribution in [0.3, 0.4) is 0 Å². The van der Waals surface area contributed by atoms with Gasteiger partial charge < -0.3 is 0 Å². The summed E-state index contributed by atoms with van der Waals surface area (Å²) in [4.78, 5) is 26.8. The first kappa shape index (κ1) is 18.4. The van der Waals surface area contributed by atoms with Crippen molar-refractivity contribution in [2.75, 3.05) is 13.1 Å². The van der Waals surface area contributed by atoms with E-state index in [2.05, 4.69) is 13.8 Å². The number of amides is 2. The molecule has 0 bridgehead atoms. The minimum atomic E-state index is -3.60. The molecular weight excluding hydrogens is 364 g/mol. The highest BCUT2D eigenvalue weighted by Crippen LogP contribution is 2.38. The lowest BCUT2D eigenvalue weighted by atomic mass is 9.85. The molecule has 2 amide bonds. The Kier molecular flexibility index (Phi) is 4.47. The number of carbonyl (C=O) groups is 2. The Balaban J connectivity index is 1.46. The van der Waals surface area contributed by atoms with Crippen LogP contribution in [0, 0.1) is 11.8 Å². The van der Waals surface area contributed by atoms with Crippen LogP contribution in [0.4, 0.5) is 0 Å². The molecule has 2 aliphatic heterocycles. The quantitative estimate of drug-likeness (QED) is 0.585. The molecule has 1 aliphatic carbocycles. The van der Waals surface area contributed by atoms with Crippen LogP contribution in [0.1, 0.15) is 38.2 Å². The van der Waals surface area contributed by atoms with E-state index in [-0.39, 0.29) is 47.7 Å². The molecule has 4 rings (SSSR count). The summed E-state index contributed by atoms with van der Waals surface area (Å²) in [5, 5.41) is 0. The van der Waals surface area contributed by atoms with Crippen molar-refractivity contribution < 1.29 is 18.0 Å². The largest absolute Gasteiger partial charge is 0.276 e. The Morgan fingerprint density at radius 3 is 1.93 bits per heavy atom. The van der Waals surface area contributed by atoms with Crippen molar-refractivity contribution >= 4 is 21.8 Å². The molecule has 144 valence electrons. The molecule has 2 saturated heterocycles. The fourth-order valence-corrected chi connectivity index (χ4v) is 5.65. The summed E-state index contributed by atoms with van der Waals surface area (Å²) >= 11 is 0. The van der Waals surface area contributed by atoms with Gasteiger partial charge in [0.1, 0.15) is 0 Å². The molecule has 2 heterocycles. The second-order valence-electron chi connectivity index (χ2n) is 7.90. The van der Waals surface area contributed by atoms with Gasteiger partial charge >= 0.3 is 0 Å². The van der Waals surface area contributed by atoms with E-state index < -0.39 is 10.0 Å². The minimum absolute atomic E-state index is 0.141. The summed E-state index contributed by atoms with van der Waals surface area (Å²) in [6.45, 7) is 4.47. The van der Waals surface area contributed by atoms with Crippen LogP contribution in [0.25, 0.3) is 0 Å². The summed E-state index contributed by atoms with van der Waals surface area (Å²) in [6, 6.07) is 6.58. The summed E-state index contributed by atoms with van der Waals surface area (Å²) in [5.41, 5.74) is 1.08. The maximum Gasteiger partial charge on any atom is 0.243 e. The van der Waals surface area contributed by atoms with Gasteiger partial charge in [-0.1, -0.05) is 38.1 Å². The third-order valence-corrected chi connectivity index (χ3v) is 7.77. The van der Waals surface area contributed by atoms with Gasteiger partial charge in [-0.2, -0.15) is 4.31 Å². The van der Waals surface area contributed by atoms with Gasteiger partial charge in [0.2, 0.25) is 21.8 Å². The molecule has 1 aromatic carbocycles. The number of fused-ring (bicyclic) bond motifs is 1. The normalized spacial score (nSPS) is 26.6. The predicted molar refractivity (Wildman–Crippen MR) is 100 cm³/mol. The van der Waals surface area contributed by atoms with Gasteiger partial charge in [-0.3, -0.25) is 14.5 Å². The van der Waals surface area contributed by atoms with Gasteiger partial charge in [0.25, 0.3) is 0 Å². The second-order valence-corrected chi connectivity index (χ2v) is 9.84. The number of imide groups is 1. The van der Waals surface area contributed by atoms with Crippen molar-refractivity contribution in [3.05, 3.63) is 42.0 Å². The monoisotopic (exact) mass is 388 g/mol. The molecular formula is C20H24N2O4S. The van der Waals surface area contributed by atoms with Crippen LogP contribution in [-0.2, 0) is 19.6 Å². The summed E-state index contributed by atoms with van der Waals surface area (Å²) in [6.07, 6.45) is 5.10. The van der Waals surface area contributed by atoms with Gasteiger partial charge in [-0.25, -0.2) is 8.42 Å². The van der Waals surface area contributed by atoms with Gasteiger partial charge in [0.05, 0.1) is 22.8 Å². The molecule has 3 aliphatic rings. The summed E-state index contributed by atoms with van der Waals surface area (Å²) in [5.74, 6) is -0.482. The summed E-state index contributed by atoms with van der Waals surface area (Å²) in [7, 11) is -3.60. The maximum absolute atomic E-state index is 12.8. The molecule has 2 atom stereocenters. The second kappa shape index (κ2) is 6.56. The van der Waals surface area contributed by atoms with E-state index in [0.29, 0.717) is 18.8 Å². The van der Waals surface area contributed by atoms with E-state index in [4.69, 9.17) is 0 Å². The van der Waals surface area contributed by atoms with Crippen molar-refractivity contribution in [1.29, 1.82) is 0 Å². The number of rotatable bonds is 4. The van der Waals surface area contributed by atoms with E-state index >= 15 is 0 Å². The Hall–Kier alpha value is -1.99. The first-order chi connectivity index (χ1) is 12.8. The Bertz CT molecular complexity index is 872. The van der Waals surface area contributed by atoms with Crippen molar-refractivity contribution in [1.82, 2.24) is 9.21 Å². The van der Waals surface area contributed by atoms with Gasteiger partial charge in [-0.15, -0.1) is 0 Å². The lowest BCUT2D eigenvalue weighted by Crippen LogP contribution is -2.62. The molecule has 0 aromatic heterocycles. The van der Waals surface area contributed by atoms with E-state index in [1.165, 1.54) is 9.21 Å². The number of likely N-dealkylation sites (tertiary alicyclic amines) is 1. The number of benzene rings is 1. The van der Waals surface area contributed by atoms with Crippen LogP contribution >= 0.6 is 0 Å². The fraction of sp³-hybridized carbons (Fsp3) is 0.500. The van der Waals surface area contributed by atoms with Gasteiger partial charge in [-0.05, 0) is 36.5 Å². The predicted octanol–water partition coefficient (Wildman–Crippen LogP) is 2.13. The zero-order valence-electron chi connectivity index (χ0n) is 15.5. The van der Waals surface area contributed by atoms with Gasteiger partial charge in [0.15, 0.2) is 0 Å². The molecule has 0 spiro atoms. The molecule has 0 N–H and O–H groups in total. The molecule has 1 aromatic rings. The molecule has 2 unspecified atom stereocenters. The SMILES string of the molecule is CC(C)c1ccc(S(=O)(=O)N2CC(N3C(=O)C4CC=CCC4C3=O)C2)cc1. The molecule has 7 heteroatoms. The van der Waals surface area contributed by atoms with E-state index in [0.717, 1.165) is 5.56 Å². The number of carbonyl (C=O) groups excluding carboxylic acids is 2. The average Bonchev–Trinajstić information content (AvgIpc) is 2.86. The zero-order valence-corrected chi connectivity index (χ0v) is 16.4. The number of nitrogens with zero attached hydrogens (tertiary/aromatic N) is 2. The molecule has 6 nitrogen and oxygen atoms in total. The Labute approximate surface area is 159 Å². The topological polar surface area (TPSA) is 74.8 Å². The van der Waals surface area contributed by atoms with E-state index in [1.54, 1.807) is 12.1 Å². The first-order valence-electron chi connectivity index (χ1n) is 9.42. The lowest BCUT2D eigenvalue weighted by Gasteiger charge is -2.42. The van der Waals surface area contributed by atoms with Crippen LogP contribution in [-0.4, -0.2) is 48.6 Å². The Morgan fingerprint density at radius 1 is 0.926 bits per heavy atom. The smallest absolute Gasteiger partial charge is 0.243 e. The van der Waals surface area contributed by atoms with Crippen LogP contribution in [0.15, 0.2) is 41.3 Å². The standard InChI is InChI=1S/C20H24N2O4S/c1-13(2)14-7-9-16(10-8-14)27(25,26)21-11-15(12-21)22-19(23)17-5-3-4-6-18(17)20(22)24/h3-4,7-10,13,15,17-18H,5-6,11-12H2,1-2H3. The maximum atomic E-state index is 12.8. The zero-order chi connectivity index (χ0) is 19.3. The first-order valence-corrected chi connectivity index (χ1v) is 10.9. The lowest BCUT2D eigenvalue weighted by molar-refractivity contribution is -0.145. The van der Waals surface area contributed by atoms with Crippen molar-refractivity contribution in [2.24, 2.45) is 11.8 Å². The number of sulfonamides is 1. The summed E-state index contributed by atoms with van der Waals surface area (Å²) < 4.78 is 26.9. The van der Waals surface area contributed by atoms with Crippen LogP contribution in [0.5, 0.6) is 0 Å². The minimum Gasteiger partial charge on any atom is -0.276 e. The third-order valence-electron chi connectivity index (χ3n) is 5.92. The highest BCUT2D eigenvalue weighted by molar-refractivity contribution is 7.89. The fourth-order valence-electron chi connectivity index (χ4n) is 4.14. The third kappa shape index (κ3) is 2.93. The van der Waals surface area contributed by atoms with Crippen molar-refractivity contribution in [3.63, 3.8) is 0 Å². The van der Waals surface area contributed by atoms with Gasteiger partial charge in [0, 0.05) is 13.1 Å². The van der Waals surface area contributed by atoms with Crippen LogP contribution < -0.4 is 0 Å². The Morgan fingerprint density at radius 2 is 1.44 bits per heavy atom.